The maximum Gasteiger partial charge on any atom is 0.405 e. The van der Waals surface area contributed by atoms with Crippen molar-refractivity contribution in [3.8, 4) is 6.07 Å². The topological polar surface area (TPSA) is 140 Å². The fraction of sp³-hybridized carbons (Fsp3) is 0.600. The Morgan fingerprint density at radius 2 is 1.97 bits per heavy atom. The summed E-state index contributed by atoms with van der Waals surface area (Å²) in [5.41, 5.74) is -0.730. The Bertz CT molecular complexity index is 1010. The van der Waals surface area contributed by atoms with E-state index in [1.807, 2.05) is 6.07 Å². The minimum absolute atomic E-state index is 0.00537. The van der Waals surface area contributed by atoms with Crippen molar-refractivity contribution >= 4 is 21.8 Å². The minimum atomic E-state index is -3.58. The fourth-order valence-corrected chi connectivity index (χ4v) is 5.66. The number of carbonyl (C=O) groups is 2. The summed E-state index contributed by atoms with van der Waals surface area (Å²) < 4.78 is 51.5. The first-order chi connectivity index (χ1) is 15.0. The van der Waals surface area contributed by atoms with Gasteiger partial charge >= 0.3 is 6.09 Å². The zero-order valence-electron chi connectivity index (χ0n) is 17.2. The van der Waals surface area contributed by atoms with E-state index in [0.29, 0.717) is 25.7 Å². The van der Waals surface area contributed by atoms with E-state index in [0.717, 1.165) is 0 Å². The number of nitrogens with one attached hydrogen (secondary N) is 1. The van der Waals surface area contributed by atoms with Gasteiger partial charge in [-0.1, -0.05) is 6.07 Å². The van der Waals surface area contributed by atoms with Gasteiger partial charge in [0.2, 0.25) is 5.91 Å². The predicted octanol–water partition coefficient (Wildman–Crippen LogP) is 2.20. The van der Waals surface area contributed by atoms with E-state index in [4.69, 9.17) is 10.4 Å². The molecular formula is C20H24F2N4O5S. The zero-order chi connectivity index (χ0) is 23.6. The molecule has 1 saturated heterocycles. The first kappa shape index (κ1) is 23.8. The third kappa shape index (κ3) is 5.51. The molecule has 2 heterocycles. The maximum absolute atomic E-state index is 13.2. The number of nitrogens with zero attached hydrogens (tertiary/aromatic N) is 3. The second kappa shape index (κ2) is 8.97. The summed E-state index contributed by atoms with van der Waals surface area (Å²) >= 11 is 0. The van der Waals surface area contributed by atoms with Crippen molar-refractivity contribution in [2.45, 2.75) is 60.3 Å². The number of carbonyl (C=O) groups excluding carboxylic acids is 1. The average Bonchev–Trinajstić information content (AvgIpc) is 3.16. The largest absolute Gasteiger partial charge is 0.465 e. The Morgan fingerprint density at radius 3 is 2.44 bits per heavy atom. The lowest BCUT2D eigenvalue weighted by Gasteiger charge is -2.20. The molecule has 0 spiro atoms. The molecule has 32 heavy (non-hydrogen) atoms. The number of amides is 2. The normalized spacial score (nSPS) is 25.2. The van der Waals surface area contributed by atoms with Gasteiger partial charge in [0.1, 0.15) is 5.54 Å². The van der Waals surface area contributed by atoms with Gasteiger partial charge in [-0.15, -0.1) is 0 Å². The molecule has 3 aliphatic rings. The molecule has 9 nitrogen and oxygen atoms in total. The van der Waals surface area contributed by atoms with E-state index in [1.165, 1.54) is 17.2 Å². The van der Waals surface area contributed by atoms with Crippen LogP contribution >= 0.6 is 0 Å². The lowest BCUT2D eigenvalue weighted by Crippen LogP contribution is -2.35. The van der Waals surface area contributed by atoms with Gasteiger partial charge in [0.15, 0.2) is 14.9 Å². The third-order valence-corrected chi connectivity index (χ3v) is 8.02. The van der Waals surface area contributed by atoms with Crippen LogP contribution in [0.5, 0.6) is 0 Å². The quantitative estimate of drug-likeness (QED) is 0.687. The van der Waals surface area contributed by atoms with Crippen molar-refractivity contribution < 1.29 is 31.9 Å². The number of carboxylic acid groups (broad SMARTS) is 1. The van der Waals surface area contributed by atoms with E-state index < -0.39 is 45.1 Å². The number of rotatable bonds is 4. The van der Waals surface area contributed by atoms with E-state index in [1.54, 1.807) is 12.1 Å². The van der Waals surface area contributed by atoms with E-state index >= 15 is 0 Å². The van der Waals surface area contributed by atoms with Crippen LogP contribution < -0.4 is 5.32 Å². The van der Waals surface area contributed by atoms with Crippen molar-refractivity contribution in [2.24, 2.45) is 5.92 Å². The van der Waals surface area contributed by atoms with Crippen LogP contribution in [0.1, 0.15) is 38.5 Å². The summed E-state index contributed by atoms with van der Waals surface area (Å²) in [5, 5.41) is 18.0. The molecule has 1 aromatic rings. The standard InChI is InChI=1S/C15H18F2N2O3S.C5H6N2O2/c16-15(17)6-8-19(10-15)14(20)11-4-5-12(9-11)23(21,22)13-3-1-2-7-18-13;6-3-5(1-2-5)7-4(8)9/h1-3,7,11-12H,4-6,8-10H2;7H,1-2H2,(H,8,9)/t11-,12-;/m1./s1. The molecule has 0 unspecified atom stereocenters. The summed E-state index contributed by atoms with van der Waals surface area (Å²) in [6.45, 7) is -0.514. The van der Waals surface area contributed by atoms with Crippen molar-refractivity contribution in [2.75, 3.05) is 13.1 Å². The smallest absolute Gasteiger partial charge is 0.405 e. The summed E-state index contributed by atoms with van der Waals surface area (Å²) in [6, 6.07) is 6.56. The number of aromatic nitrogens is 1. The Morgan fingerprint density at radius 1 is 1.25 bits per heavy atom. The molecule has 0 aromatic carbocycles. The van der Waals surface area contributed by atoms with E-state index in [9.17, 15) is 26.8 Å². The number of pyridine rings is 1. The Balaban J connectivity index is 0.000000269. The van der Waals surface area contributed by atoms with Crippen LogP contribution in [-0.4, -0.2) is 65.2 Å². The molecule has 2 saturated carbocycles. The molecule has 1 aromatic heterocycles. The van der Waals surface area contributed by atoms with Gasteiger partial charge in [0.25, 0.3) is 5.92 Å². The molecular weight excluding hydrogens is 446 g/mol. The average molecular weight is 470 g/mol. The number of nitriles is 1. The highest BCUT2D eigenvalue weighted by molar-refractivity contribution is 7.92. The highest BCUT2D eigenvalue weighted by atomic mass is 32.2. The van der Waals surface area contributed by atoms with Crippen LogP contribution in [0.3, 0.4) is 0 Å². The molecule has 3 fully saturated rings. The monoisotopic (exact) mass is 470 g/mol. The maximum atomic E-state index is 13.2. The molecule has 0 bridgehead atoms. The van der Waals surface area contributed by atoms with E-state index in [-0.39, 0.29) is 30.3 Å². The van der Waals surface area contributed by atoms with Gasteiger partial charge < -0.3 is 15.3 Å². The molecule has 2 atom stereocenters. The first-order valence-corrected chi connectivity index (χ1v) is 11.8. The molecule has 4 rings (SSSR count). The number of likely N-dealkylation sites (tertiary alicyclic amines) is 1. The second-order valence-electron chi connectivity index (χ2n) is 8.33. The Kier molecular flexibility index (Phi) is 6.69. The second-order valence-corrected chi connectivity index (χ2v) is 10.5. The molecule has 174 valence electrons. The Hall–Kier alpha value is -2.81. The summed E-state index contributed by atoms with van der Waals surface area (Å²) in [6.07, 6.45) is 2.23. The molecule has 0 radical (unpaired) electrons. The van der Waals surface area contributed by atoms with Gasteiger partial charge in [-0.3, -0.25) is 4.79 Å². The van der Waals surface area contributed by atoms with Gasteiger partial charge in [0, 0.05) is 25.1 Å². The molecule has 2 N–H and O–H groups in total. The van der Waals surface area contributed by atoms with Gasteiger partial charge in [-0.25, -0.2) is 27.0 Å². The van der Waals surface area contributed by atoms with Crippen LogP contribution in [0.25, 0.3) is 0 Å². The predicted molar refractivity (Wildman–Crippen MR) is 107 cm³/mol. The van der Waals surface area contributed by atoms with Gasteiger partial charge in [-0.2, -0.15) is 5.26 Å². The highest BCUT2D eigenvalue weighted by Gasteiger charge is 2.45. The highest BCUT2D eigenvalue weighted by Crippen LogP contribution is 2.36. The van der Waals surface area contributed by atoms with Crippen LogP contribution in [-0.2, 0) is 14.6 Å². The summed E-state index contributed by atoms with van der Waals surface area (Å²) in [7, 11) is -3.58. The molecule has 12 heteroatoms. The summed E-state index contributed by atoms with van der Waals surface area (Å²) in [4.78, 5) is 27.3. The fourth-order valence-electron chi connectivity index (χ4n) is 3.91. The number of hydrogen-bond donors (Lipinski definition) is 2. The first-order valence-electron chi connectivity index (χ1n) is 10.2. The number of hydrogen-bond acceptors (Lipinski definition) is 6. The van der Waals surface area contributed by atoms with Gasteiger partial charge in [-0.05, 0) is 44.2 Å². The van der Waals surface area contributed by atoms with Crippen LogP contribution in [0.2, 0.25) is 0 Å². The summed E-state index contributed by atoms with van der Waals surface area (Å²) in [5.74, 6) is -3.67. The molecule has 2 aliphatic carbocycles. The Labute approximate surface area is 184 Å². The molecule has 2 amide bonds. The van der Waals surface area contributed by atoms with Crippen LogP contribution in [0.15, 0.2) is 29.4 Å². The lowest BCUT2D eigenvalue weighted by atomic mass is 10.1. The number of alkyl halides is 2. The lowest BCUT2D eigenvalue weighted by molar-refractivity contribution is -0.135. The van der Waals surface area contributed by atoms with Crippen molar-refractivity contribution in [1.82, 2.24) is 15.2 Å². The zero-order valence-corrected chi connectivity index (χ0v) is 18.0. The van der Waals surface area contributed by atoms with Crippen LogP contribution in [0.4, 0.5) is 13.6 Å². The SMILES string of the molecule is N#CC1(NC(=O)O)CC1.O=C([C@@H]1CC[C@@H](S(=O)(=O)c2ccccn2)C1)N1CCC(F)(F)C1. The molecule has 1 aliphatic heterocycles. The number of halogens is 2. The third-order valence-electron chi connectivity index (χ3n) is 5.89. The number of sulfone groups is 1. The van der Waals surface area contributed by atoms with Crippen molar-refractivity contribution in [3.63, 3.8) is 0 Å². The van der Waals surface area contributed by atoms with E-state index in [2.05, 4.69) is 10.3 Å². The van der Waals surface area contributed by atoms with Crippen LogP contribution in [0, 0.1) is 17.2 Å². The van der Waals surface area contributed by atoms with Crippen molar-refractivity contribution in [1.29, 1.82) is 5.26 Å². The van der Waals surface area contributed by atoms with Crippen molar-refractivity contribution in [3.05, 3.63) is 24.4 Å². The minimum Gasteiger partial charge on any atom is -0.465 e. The van der Waals surface area contributed by atoms with Gasteiger partial charge in [0.05, 0.1) is 17.9 Å².